The zero-order valence-corrected chi connectivity index (χ0v) is 16.4. The maximum absolute atomic E-state index is 12.6. The van der Waals surface area contributed by atoms with Gasteiger partial charge in [-0.05, 0) is 48.7 Å². The van der Waals surface area contributed by atoms with Gasteiger partial charge in [0.2, 0.25) is 0 Å². The summed E-state index contributed by atoms with van der Waals surface area (Å²) in [6, 6.07) is 12.3. The summed E-state index contributed by atoms with van der Waals surface area (Å²) < 4.78 is 11.3. The van der Waals surface area contributed by atoms with E-state index in [0.717, 1.165) is 34.5 Å². The molecule has 4 rings (SSSR count). The summed E-state index contributed by atoms with van der Waals surface area (Å²) in [5.74, 6) is -0.329. The first-order chi connectivity index (χ1) is 14.6. The molecule has 1 aliphatic heterocycles. The number of ether oxygens (including phenoxy) is 2. The van der Waals surface area contributed by atoms with E-state index in [9.17, 15) is 14.4 Å². The van der Waals surface area contributed by atoms with E-state index in [1.54, 1.807) is 42.3 Å². The third-order valence-electron chi connectivity index (χ3n) is 4.97. The number of fused-ring (bicyclic) bond motifs is 2. The molecule has 30 heavy (non-hydrogen) atoms. The molecule has 0 saturated heterocycles. The molecule has 154 valence electrons. The third kappa shape index (κ3) is 3.86. The van der Waals surface area contributed by atoms with Gasteiger partial charge in [-0.3, -0.25) is 14.4 Å². The summed E-state index contributed by atoms with van der Waals surface area (Å²) in [4.78, 5) is 38.8. The first kappa shape index (κ1) is 19.6. The molecular weight excluding hydrogens is 388 g/mol. The minimum Gasteiger partial charge on any atom is -0.497 e. The predicted molar refractivity (Wildman–Crippen MR) is 108 cm³/mol. The summed E-state index contributed by atoms with van der Waals surface area (Å²) in [6.45, 7) is -0.289. The third-order valence-corrected chi connectivity index (χ3v) is 4.97. The molecule has 9 nitrogen and oxygen atoms in total. The first-order valence-electron chi connectivity index (χ1n) is 9.52. The van der Waals surface area contributed by atoms with Crippen molar-refractivity contribution in [1.82, 2.24) is 15.0 Å². The van der Waals surface area contributed by atoms with E-state index < -0.39 is 24.7 Å². The van der Waals surface area contributed by atoms with Crippen LogP contribution >= 0.6 is 0 Å². The Morgan fingerprint density at radius 1 is 1.17 bits per heavy atom. The molecule has 2 aromatic carbocycles. The molecule has 0 bridgehead atoms. The van der Waals surface area contributed by atoms with Gasteiger partial charge in [0.1, 0.15) is 17.8 Å². The van der Waals surface area contributed by atoms with E-state index in [-0.39, 0.29) is 5.91 Å². The number of aryl methyl sites for hydroxylation is 1. The number of benzene rings is 2. The lowest BCUT2D eigenvalue weighted by Crippen LogP contribution is -2.39. The van der Waals surface area contributed by atoms with Crippen molar-refractivity contribution < 1.29 is 19.1 Å². The SMILES string of the molecule is COc1ccc2c(c1)CCCN2C(=O)COC(=O)Cn1nnc2ccccc2c1=O. The van der Waals surface area contributed by atoms with Crippen molar-refractivity contribution >= 4 is 28.5 Å². The number of rotatable bonds is 5. The van der Waals surface area contributed by atoms with Crippen molar-refractivity contribution in [2.45, 2.75) is 19.4 Å². The zero-order valence-electron chi connectivity index (χ0n) is 16.4. The number of carbonyl (C=O) groups excluding carboxylic acids is 2. The van der Waals surface area contributed by atoms with Gasteiger partial charge in [-0.15, -0.1) is 5.10 Å². The van der Waals surface area contributed by atoms with E-state index in [4.69, 9.17) is 9.47 Å². The number of hydrogen-bond donors (Lipinski definition) is 0. The minimum absolute atomic E-state index is 0.327. The van der Waals surface area contributed by atoms with Crippen LogP contribution in [-0.4, -0.2) is 47.1 Å². The maximum Gasteiger partial charge on any atom is 0.328 e. The molecule has 0 N–H and O–H groups in total. The van der Waals surface area contributed by atoms with Crippen LogP contribution in [0.2, 0.25) is 0 Å². The molecule has 0 radical (unpaired) electrons. The maximum atomic E-state index is 12.6. The van der Waals surface area contributed by atoms with Crippen LogP contribution in [0.25, 0.3) is 10.9 Å². The van der Waals surface area contributed by atoms with Crippen molar-refractivity contribution in [2.75, 3.05) is 25.2 Å². The molecule has 1 aliphatic rings. The van der Waals surface area contributed by atoms with E-state index in [2.05, 4.69) is 10.3 Å². The second-order valence-corrected chi connectivity index (χ2v) is 6.87. The fourth-order valence-corrected chi connectivity index (χ4v) is 3.47. The number of aromatic nitrogens is 3. The van der Waals surface area contributed by atoms with Gasteiger partial charge in [0, 0.05) is 12.2 Å². The first-order valence-corrected chi connectivity index (χ1v) is 9.52. The highest BCUT2D eigenvalue weighted by Crippen LogP contribution is 2.30. The molecule has 2 heterocycles. The number of amides is 1. The normalized spacial score (nSPS) is 13.0. The molecule has 9 heteroatoms. The Morgan fingerprint density at radius 3 is 2.83 bits per heavy atom. The molecule has 0 fully saturated rings. The number of esters is 1. The summed E-state index contributed by atoms with van der Waals surface area (Å²) in [7, 11) is 1.60. The molecule has 0 saturated carbocycles. The fourth-order valence-electron chi connectivity index (χ4n) is 3.47. The van der Waals surface area contributed by atoms with Gasteiger partial charge in [-0.25, -0.2) is 0 Å². The van der Waals surface area contributed by atoms with Crippen LogP contribution in [0.15, 0.2) is 47.3 Å². The molecule has 1 aromatic heterocycles. The minimum atomic E-state index is -0.734. The average Bonchev–Trinajstić information content (AvgIpc) is 2.78. The van der Waals surface area contributed by atoms with Gasteiger partial charge >= 0.3 is 5.97 Å². The number of anilines is 1. The average molecular weight is 408 g/mol. The molecule has 1 amide bonds. The summed E-state index contributed by atoms with van der Waals surface area (Å²) in [5.41, 5.74) is 1.81. The Hall–Kier alpha value is -3.75. The summed E-state index contributed by atoms with van der Waals surface area (Å²) in [5, 5.41) is 8.04. The lowest BCUT2D eigenvalue weighted by Gasteiger charge is -2.29. The van der Waals surface area contributed by atoms with Crippen molar-refractivity contribution in [2.24, 2.45) is 0 Å². The van der Waals surface area contributed by atoms with E-state index in [1.807, 2.05) is 12.1 Å². The molecular formula is C21H20N4O5. The second kappa shape index (κ2) is 8.32. The van der Waals surface area contributed by atoms with Crippen LogP contribution < -0.4 is 15.2 Å². The van der Waals surface area contributed by atoms with Crippen molar-refractivity contribution in [3.63, 3.8) is 0 Å². The molecule has 3 aromatic rings. The number of nitrogens with zero attached hydrogens (tertiary/aromatic N) is 4. The highest BCUT2D eigenvalue weighted by molar-refractivity contribution is 5.96. The fraction of sp³-hybridized carbons (Fsp3) is 0.286. The highest BCUT2D eigenvalue weighted by Gasteiger charge is 2.24. The monoisotopic (exact) mass is 408 g/mol. The van der Waals surface area contributed by atoms with Crippen molar-refractivity contribution in [1.29, 1.82) is 0 Å². The Labute approximate surface area is 171 Å². The van der Waals surface area contributed by atoms with Crippen LogP contribution in [0.3, 0.4) is 0 Å². The van der Waals surface area contributed by atoms with E-state index >= 15 is 0 Å². The van der Waals surface area contributed by atoms with E-state index in [0.29, 0.717) is 17.4 Å². The van der Waals surface area contributed by atoms with Gasteiger partial charge in [0.05, 0.1) is 12.5 Å². The number of hydrogen-bond acceptors (Lipinski definition) is 7. The van der Waals surface area contributed by atoms with Gasteiger partial charge in [-0.1, -0.05) is 17.3 Å². The van der Waals surface area contributed by atoms with Crippen molar-refractivity contribution in [3.05, 3.63) is 58.4 Å². The largest absolute Gasteiger partial charge is 0.497 e. The zero-order chi connectivity index (χ0) is 21.1. The number of carbonyl (C=O) groups is 2. The smallest absolute Gasteiger partial charge is 0.328 e. The Bertz CT molecular complexity index is 1170. The lowest BCUT2D eigenvalue weighted by molar-refractivity contribution is -0.148. The topological polar surface area (TPSA) is 104 Å². The Balaban J connectivity index is 1.41. The van der Waals surface area contributed by atoms with Crippen molar-refractivity contribution in [3.8, 4) is 5.75 Å². The summed E-state index contributed by atoms with van der Waals surface area (Å²) >= 11 is 0. The second-order valence-electron chi connectivity index (χ2n) is 6.87. The van der Waals surface area contributed by atoms with Crippen LogP contribution in [0, 0.1) is 0 Å². The summed E-state index contributed by atoms with van der Waals surface area (Å²) in [6.07, 6.45) is 1.65. The van der Waals surface area contributed by atoms with Crippen LogP contribution in [0.1, 0.15) is 12.0 Å². The quantitative estimate of drug-likeness (QED) is 0.587. The van der Waals surface area contributed by atoms with Crippen LogP contribution in [-0.2, 0) is 27.3 Å². The predicted octanol–water partition coefficient (Wildman–Crippen LogP) is 1.32. The lowest BCUT2D eigenvalue weighted by atomic mass is 10.0. The Morgan fingerprint density at radius 2 is 2.00 bits per heavy atom. The Kier molecular flexibility index (Phi) is 5.42. The van der Waals surface area contributed by atoms with Crippen LogP contribution in [0.4, 0.5) is 5.69 Å². The van der Waals surface area contributed by atoms with Gasteiger partial charge < -0.3 is 14.4 Å². The number of methoxy groups -OCH3 is 1. The van der Waals surface area contributed by atoms with Gasteiger partial charge in [0.15, 0.2) is 6.61 Å². The van der Waals surface area contributed by atoms with Crippen LogP contribution in [0.5, 0.6) is 5.75 Å². The highest BCUT2D eigenvalue weighted by atomic mass is 16.5. The standard InChI is InChI=1S/C21H20N4O5/c1-29-15-8-9-18-14(11-15)5-4-10-24(18)19(26)13-30-20(27)12-25-21(28)16-6-2-3-7-17(16)22-23-25/h2-3,6-9,11H,4-5,10,12-13H2,1H3. The van der Waals surface area contributed by atoms with E-state index in [1.165, 1.54) is 0 Å². The molecule has 0 spiro atoms. The molecule has 0 unspecified atom stereocenters. The van der Waals surface area contributed by atoms with Gasteiger partial charge in [-0.2, -0.15) is 4.68 Å². The molecule has 0 aliphatic carbocycles. The van der Waals surface area contributed by atoms with Gasteiger partial charge in [0.25, 0.3) is 11.5 Å². The molecule has 0 atom stereocenters.